The molecule has 0 radical (unpaired) electrons. The fourth-order valence-corrected chi connectivity index (χ4v) is 4.53. The van der Waals surface area contributed by atoms with Crippen molar-refractivity contribution < 1.29 is 23.4 Å². The van der Waals surface area contributed by atoms with Crippen molar-refractivity contribution in [2.24, 2.45) is 0 Å². The number of alkyl halides is 3. The molecular formula is C23H15ClF3NO3S. The van der Waals surface area contributed by atoms with E-state index in [1.54, 1.807) is 12.1 Å². The molecule has 9 heteroatoms. The van der Waals surface area contributed by atoms with Crippen molar-refractivity contribution in [3.63, 3.8) is 0 Å². The van der Waals surface area contributed by atoms with Gasteiger partial charge in [-0.15, -0.1) is 11.8 Å². The first-order valence-electron chi connectivity index (χ1n) is 9.30. The molecule has 32 heavy (non-hydrogen) atoms. The molecule has 4 rings (SSSR count). The number of rotatable bonds is 4. The second-order valence-electron chi connectivity index (χ2n) is 7.03. The van der Waals surface area contributed by atoms with E-state index in [1.807, 2.05) is 0 Å². The highest BCUT2D eigenvalue weighted by Crippen LogP contribution is 2.42. The summed E-state index contributed by atoms with van der Waals surface area (Å²) in [5.41, 5.74) is -0.0755. The van der Waals surface area contributed by atoms with Crippen LogP contribution in [-0.4, -0.2) is 15.2 Å². The summed E-state index contributed by atoms with van der Waals surface area (Å²) in [7, 11) is 0. The molecule has 0 amide bonds. The fraction of sp³-hybridized carbons (Fsp3) is 0.0870. The van der Waals surface area contributed by atoms with Crippen LogP contribution in [0.15, 0.2) is 70.4 Å². The van der Waals surface area contributed by atoms with Crippen molar-refractivity contribution in [3.8, 4) is 22.6 Å². The zero-order chi connectivity index (χ0) is 23.0. The molecule has 0 fully saturated rings. The SMILES string of the molecule is O=c1[nH]c2ccc(C(F)(F)F)cc2c(-c2cc(Cl)ccc2O)c1SCc1ccc(O)cc1. The van der Waals surface area contributed by atoms with Crippen LogP contribution in [0.5, 0.6) is 11.5 Å². The molecule has 0 saturated heterocycles. The van der Waals surface area contributed by atoms with Gasteiger partial charge in [0.05, 0.1) is 10.5 Å². The average Bonchev–Trinajstić information content (AvgIpc) is 2.74. The van der Waals surface area contributed by atoms with Crippen molar-refractivity contribution in [1.82, 2.24) is 4.98 Å². The predicted octanol–water partition coefficient (Wildman–Crippen LogP) is 6.57. The van der Waals surface area contributed by atoms with Crippen LogP contribution in [0.1, 0.15) is 11.1 Å². The van der Waals surface area contributed by atoms with Crippen LogP contribution < -0.4 is 5.56 Å². The highest BCUT2D eigenvalue weighted by Gasteiger charge is 2.31. The van der Waals surface area contributed by atoms with Gasteiger partial charge < -0.3 is 15.2 Å². The van der Waals surface area contributed by atoms with Gasteiger partial charge in [0, 0.05) is 32.8 Å². The number of pyridine rings is 1. The summed E-state index contributed by atoms with van der Waals surface area (Å²) in [6.07, 6.45) is -4.59. The Morgan fingerprint density at radius 3 is 2.38 bits per heavy atom. The summed E-state index contributed by atoms with van der Waals surface area (Å²) in [6, 6.07) is 13.6. The van der Waals surface area contributed by atoms with Gasteiger partial charge in [-0.05, 0) is 54.1 Å². The molecule has 3 aromatic carbocycles. The molecule has 0 spiro atoms. The maximum Gasteiger partial charge on any atom is 0.416 e. The van der Waals surface area contributed by atoms with E-state index in [2.05, 4.69) is 4.98 Å². The second kappa shape index (κ2) is 8.44. The van der Waals surface area contributed by atoms with E-state index in [4.69, 9.17) is 11.6 Å². The van der Waals surface area contributed by atoms with Crippen molar-refractivity contribution in [2.75, 3.05) is 0 Å². The van der Waals surface area contributed by atoms with Gasteiger partial charge >= 0.3 is 6.18 Å². The highest BCUT2D eigenvalue weighted by molar-refractivity contribution is 7.98. The number of thioether (sulfide) groups is 1. The number of hydrogen-bond acceptors (Lipinski definition) is 4. The van der Waals surface area contributed by atoms with Crippen LogP contribution in [0.2, 0.25) is 5.02 Å². The van der Waals surface area contributed by atoms with Gasteiger partial charge in [-0.3, -0.25) is 4.79 Å². The largest absolute Gasteiger partial charge is 0.508 e. The third-order valence-corrected chi connectivity index (χ3v) is 6.24. The Morgan fingerprint density at radius 2 is 1.69 bits per heavy atom. The van der Waals surface area contributed by atoms with Crippen LogP contribution in [0, 0.1) is 0 Å². The molecule has 1 heterocycles. The van der Waals surface area contributed by atoms with E-state index < -0.39 is 17.3 Å². The number of phenols is 2. The molecule has 0 aliphatic carbocycles. The maximum atomic E-state index is 13.4. The summed E-state index contributed by atoms with van der Waals surface area (Å²) >= 11 is 7.20. The van der Waals surface area contributed by atoms with E-state index >= 15 is 0 Å². The number of aromatic amines is 1. The van der Waals surface area contributed by atoms with Crippen LogP contribution in [-0.2, 0) is 11.9 Å². The Balaban J connectivity index is 1.96. The first-order valence-corrected chi connectivity index (χ1v) is 10.7. The molecule has 4 aromatic rings. The zero-order valence-corrected chi connectivity index (χ0v) is 17.8. The van der Waals surface area contributed by atoms with Crippen LogP contribution in [0.3, 0.4) is 0 Å². The highest BCUT2D eigenvalue weighted by atomic mass is 35.5. The van der Waals surface area contributed by atoms with Crippen LogP contribution >= 0.6 is 23.4 Å². The third-order valence-electron chi connectivity index (χ3n) is 4.85. The molecule has 0 aliphatic heterocycles. The minimum absolute atomic E-state index is 0.0894. The Hall–Kier alpha value is -3.10. The minimum atomic E-state index is -4.59. The molecule has 4 nitrogen and oxygen atoms in total. The van der Waals surface area contributed by atoms with E-state index in [0.29, 0.717) is 5.75 Å². The lowest BCUT2D eigenvalue weighted by molar-refractivity contribution is -0.137. The first kappa shape index (κ1) is 22.1. The van der Waals surface area contributed by atoms with E-state index in [-0.39, 0.29) is 43.4 Å². The molecule has 164 valence electrons. The minimum Gasteiger partial charge on any atom is -0.508 e. The number of phenolic OH excluding ortho intramolecular Hbond substituents is 2. The fourth-order valence-electron chi connectivity index (χ4n) is 3.31. The summed E-state index contributed by atoms with van der Waals surface area (Å²) in [5.74, 6) is 0.180. The summed E-state index contributed by atoms with van der Waals surface area (Å²) in [4.78, 5) is 15.7. The van der Waals surface area contributed by atoms with Gasteiger partial charge in [-0.2, -0.15) is 13.2 Å². The Labute approximate surface area is 189 Å². The van der Waals surface area contributed by atoms with Gasteiger partial charge in [-0.25, -0.2) is 0 Å². The Kier molecular flexibility index (Phi) is 5.83. The second-order valence-corrected chi connectivity index (χ2v) is 8.45. The molecular weight excluding hydrogens is 463 g/mol. The average molecular weight is 478 g/mol. The molecule has 3 N–H and O–H groups in total. The maximum absolute atomic E-state index is 13.4. The Bertz CT molecular complexity index is 1370. The lowest BCUT2D eigenvalue weighted by Crippen LogP contribution is -2.12. The number of aromatic hydroxyl groups is 2. The predicted molar refractivity (Wildman–Crippen MR) is 119 cm³/mol. The normalized spacial score (nSPS) is 11.8. The quantitative estimate of drug-likeness (QED) is 0.291. The molecule has 0 unspecified atom stereocenters. The van der Waals surface area contributed by atoms with Crippen LogP contribution in [0.4, 0.5) is 13.2 Å². The number of halogens is 4. The zero-order valence-electron chi connectivity index (χ0n) is 16.2. The third kappa shape index (κ3) is 4.42. The van der Waals surface area contributed by atoms with E-state index in [1.165, 1.54) is 36.4 Å². The first-order chi connectivity index (χ1) is 15.1. The molecule has 0 atom stereocenters. The van der Waals surface area contributed by atoms with Gasteiger partial charge in [0.25, 0.3) is 5.56 Å². The Morgan fingerprint density at radius 1 is 0.969 bits per heavy atom. The topological polar surface area (TPSA) is 73.3 Å². The van der Waals surface area contributed by atoms with Gasteiger partial charge in [0.2, 0.25) is 0 Å². The molecule has 0 aliphatic rings. The number of aromatic nitrogens is 1. The van der Waals surface area contributed by atoms with E-state index in [0.717, 1.165) is 29.5 Å². The summed E-state index contributed by atoms with van der Waals surface area (Å²) < 4.78 is 40.2. The van der Waals surface area contributed by atoms with Gasteiger partial charge in [-0.1, -0.05) is 23.7 Å². The van der Waals surface area contributed by atoms with E-state index in [9.17, 15) is 28.2 Å². The van der Waals surface area contributed by atoms with Crippen molar-refractivity contribution in [2.45, 2.75) is 16.8 Å². The number of nitrogens with one attached hydrogen (secondary N) is 1. The van der Waals surface area contributed by atoms with Crippen LogP contribution in [0.25, 0.3) is 22.0 Å². The molecule has 0 saturated carbocycles. The summed E-state index contributed by atoms with van der Waals surface area (Å²) in [5, 5.41) is 20.3. The lowest BCUT2D eigenvalue weighted by Gasteiger charge is -2.16. The van der Waals surface area contributed by atoms with Crippen molar-refractivity contribution in [3.05, 3.63) is 87.2 Å². The number of benzene rings is 3. The van der Waals surface area contributed by atoms with Crippen molar-refractivity contribution >= 4 is 34.3 Å². The monoisotopic (exact) mass is 477 g/mol. The van der Waals surface area contributed by atoms with Gasteiger partial charge in [0.1, 0.15) is 11.5 Å². The van der Waals surface area contributed by atoms with Gasteiger partial charge in [0.15, 0.2) is 0 Å². The number of fused-ring (bicyclic) bond motifs is 1. The smallest absolute Gasteiger partial charge is 0.416 e. The van der Waals surface area contributed by atoms with Crippen molar-refractivity contribution in [1.29, 1.82) is 0 Å². The number of H-pyrrole nitrogens is 1. The summed E-state index contributed by atoms with van der Waals surface area (Å²) in [6.45, 7) is 0. The standard InChI is InChI=1S/C23H15ClF3NO3S/c24-14-4-8-19(30)17(10-14)20-16-9-13(23(25,26)27)3-7-18(16)28-22(31)21(20)32-11-12-1-5-15(29)6-2-12/h1-10,29-30H,11H2,(H,28,31). The molecule has 1 aromatic heterocycles. The lowest BCUT2D eigenvalue weighted by atomic mass is 9.98. The molecule has 0 bridgehead atoms. The number of hydrogen-bond donors (Lipinski definition) is 3.